The molecule has 0 radical (unpaired) electrons. The van der Waals surface area contributed by atoms with E-state index >= 15 is 0 Å². The number of benzene rings is 1. The van der Waals surface area contributed by atoms with Crippen molar-refractivity contribution in [3.05, 3.63) is 34.5 Å². The summed E-state index contributed by atoms with van der Waals surface area (Å²) in [6.07, 6.45) is 0. The van der Waals surface area contributed by atoms with Gasteiger partial charge >= 0.3 is 11.9 Å². The first kappa shape index (κ1) is 21.7. The number of anilines is 1. The van der Waals surface area contributed by atoms with Crippen molar-refractivity contribution in [1.82, 2.24) is 0 Å². The second kappa shape index (κ2) is 8.60. The fourth-order valence-electron chi connectivity index (χ4n) is 2.45. The van der Waals surface area contributed by atoms with Gasteiger partial charge in [0.05, 0.1) is 12.3 Å². The van der Waals surface area contributed by atoms with Crippen LogP contribution in [0.15, 0.2) is 18.2 Å². The summed E-state index contributed by atoms with van der Waals surface area (Å²) >= 11 is 1.03. The van der Waals surface area contributed by atoms with E-state index in [0.717, 1.165) is 11.3 Å². The summed E-state index contributed by atoms with van der Waals surface area (Å²) in [6.45, 7) is 8.42. The van der Waals surface area contributed by atoms with Crippen LogP contribution in [0.1, 0.15) is 42.9 Å². The number of halogens is 1. The molecule has 28 heavy (non-hydrogen) atoms. The summed E-state index contributed by atoms with van der Waals surface area (Å²) < 4.78 is 30.4. The van der Waals surface area contributed by atoms with Gasteiger partial charge in [0.15, 0.2) is 17.3 Å². The lowest BCUT2D eigenvalue weighted by Crippen LogP contribution is -2.24. The first-order chi connectivity index (χ1) is 13.0. The van der Waals surface area contributed by atoms with E-state index in [1.807, 2.05) is 0 Å². The van der Waals surface area contributed by atoms with Crippen LogP contribution < -0.4 is 10.5 Å². The van der Waals surface area contributed by atoms with Crippen LogP contribution in [0, 0.1) is 12.7 Å². The van der Waals surface area contributed by atoms with Gasteiger partial charge in [0.1, 0.15) is 11.4 Å². The van der Waals surface area contributed by atoms with Crippen molar-refractivity contribution in [2.24, 2.45) is 0 Å². The zero-order valence-corrected chi connectivity index (χ0v) is 17.4. The second-order valence-corrected chi connectivity index (χ2v) is 8.04. The lowest BCUT2D eigenvalue weighted by molar-refractivity contribution is -0.145. The largest absolute Gasteiger partial charge is 0.480 e. The van der Waals surface area contributed by atoms with Crippen LogP contribution in [-0.4, -0.2) is 30.8 Å². The molecule has 2 rings (SSSR count). The average molecular weight is 409 g/mol. The minimum atomic E-state index is -0.726. The minimum Gasteiger partial charge on any atom is -0.480 e. The number of hydrogen-bond acceptors (Lipinski definition) is 7. The third-order valence-electron chi connectivity index (χ3n) is 3.59. The first-order valence-corrected chi connectivity index (χ1v) is 9.56. The van der Waals surface area contributed by atoms with E-state index in [1.165, 1.54) is 6.07 Å². The fraction of sp³-hybridized carbons (Fsp3) is 0.400. The van der Waals surface area contributed by atoms with Crippen molar-refractivity contribution in [1.29, 1.82) is 0 Å². The number of carbonyl (C=O) groups is 2. The monoisotopic (exact) mass is 409 g/mol. The number of hydrogen-bond donors (Lipinski definition) is 1. The van der Waals surface area contributed by atoms with Crippen LogP contribution >= 0.6 is 11.3 Å². The van der Waals surface area contributed by atoms with Crippen molar-refractivity contribution in [2.45, 2.75) is 40.2 Å². The zero-order valence-electron chi connectivity index (χ0n) is 16.6. The van der Waals surface area contributed by atoms with E-state index in [2.05, 4.69) is 0 Å². The van der Waals surface area contributed by atoms with Crippen LogP contribution in [0.25, 0.3) is 10.4 Å². The second-order valence-electron chi connectivity index (χ2n) is 7.02. The van der Waals surface area contributed by atoms with E-state index in [0.29, 0.717) is 10.4 Å². The van der Waals surface area contributed by atoms with E-state index in [1.54, 1.807) is 46.8 Å². The number of carbonyl (C=O) groups excluding carboxylic acids is 2. The molecular weight excluding hydrogens is 385 g/mol. The predicted octanol–water partition coefficient (Wildman–Crippen LogP) is 4.34. The van der Waals surface area contributed by atoms with Gasteiger partial charge in [-0.05, 0) is 40.7 Å². The number of nitrogen functional groups attached to an aromatic ring is 1. The molecule has 6 nitrogen and oxygen atoms in total. The third-order valence-corrected chi connectivity index (χ3v) is 4.88. The molecule has 0 spiro atoms. The van der Waals surface area contributed by atoms with Crippen LogP contribution in [0.2, 0.25) is 0 Å². The molecule has 1 heterocycles. The lowest BCUT2D eigenvalue weighted by Gasteiger charge is -2.19. The lowest BCUT2D eigenvalue weighted by atomic mass is 10.1. The molecule has 0 atom stereocenters. The summed E-state index contributed by atoms with van der Waals surface area (Å²) in [7, 11) is 0. The molecule has 0 saturated heterocycles. The molecule has 0 saturated carbocycles. The fourth-order valence-corrected chi connectivity index (χ4v) is 3.59. The smallest absolute Gasteiger partial charge is 0.352 e. The van der Waals surface area contributed by atoms with Gasteiger partial charge in [0.25, 0.3) is 0 Å². The van der Waals surface area contributed by atoms with Crippen LogP contribution in [0.4, 0.5) is 10.1 Å². The van der Waals surface area contributed by atoms with Gasteiger partial charge in [-0.2, -0.15) is 0 Å². The molecule has 0 unspecified atom stereocenters. The number of ether oxygens (including phenoxy) is 3. The number of rotatable bonds is 6. The van der Waals surface area contributed by atoms with Gasteiger partial charge in [0.2, 0.25) is 0 Å². The molecule has 2 N–H and O–H groups in total. The highest BCUT2D eigenvalue weighted by atomic mass is 32.1. The number of esters is 2. The Labute approximate surface area is 167 Å². The maximum atomic E-state index is 14.5. The van der Waals surface area contributed by atoms with Gasteiger partial charge in [-0.1, -0.05) is 12.1 Å². The number of thiophene rings is 1. The molecule has 0 fully saturated rings. The standard InChI is InChI=1S/C20H24FNO5S/c1-6-25-14(23)10-26-16-11(2)17(12-8-7-9-13(22)15(12)21)28-18(16)19(24)27-20(3,4)5/h7-9H,6,10,22H2,1-5H3. The summed E-state index contributed by atoms with van der Waals surface area (Å²) in [6, 6.07) is 4.65. The highest BCUT2D eigenvalue weighted by Crippen LogP contribution is 2.43. The predicted molar refractivity (Wildman–Crippen MR) is 106 cm³/mol. The van der Waals surface area contributed by atoms with Crippen LogP contribution in [0.3, 0.4) is 0 Å². The van der Waals surface area contributed by atoms with Gasteiger partial charge < -0.3 is 19.9 Å². The van der Waals surface area contributed by atoms with Crippen molar-refractivity contribution in [3.8, 4) is 16.2 Å². The minimum absolute atomic E-state index is 0.00175. The highest BCUT2D eigenvalue weighted by Gasteiger charge is 2.28. The van der Waals surface area contributed by atoms with Gasteiger partial charge in [0, 0.05) is 16.0 Å². The van der Waals surface area contributed by atoms with Gasteiger partial charge in [-0.3, -0.25) is 0 Å². The Bertz CT molecular complexity index is 885. The zero-order chi connectivity index (χ0) is 21.1. The van der Waals surface area contributed by atoms with Crippen molar-refractivity contribution in [2.75, 3.05) is 18.9 Å². The molecule has 0 amide bonds. The van der Waals surface area contributed by atoms with E-state index in [9.17, 15) is 14.0 Å². The first-order valence-electron chi connectivity index (χ1n) is 8.74. The Morgan fingerprint density at radius 1 is 1.25 bits per heavy atom. The maximum Gasteiger partial charge on any atom is 0.352 e. The number of nitrogens with two attached hydrogens (primary N) is 1. The molecule has 1 aromatic heterocycles. The van der Waals surface area contributed by atoms with Crippen LogP contribution in [0.5, 0.6) is 5.75 Å². The summed E-state index contributed by atoms with van der Waals surface area (Å²) in [5, 5.41) is 0. The Balaban J connectivity index is 2.51. The normalized spacial score (nSPS) is 11.2. The highest BCUT2D eigenvalue weighted by molar-refractivity contribution is 7.18. The van der Waals surface area contributed by atoms with Crippen LogP contribution in [-0.2, 0) is 14.3 Å². The average Bonchev–Trinajstić information content (AvgIpc) is 2.91. The molecule has 0 aliphatic rings. The quantitative estimate of drug-likeness (QED) is 0.564. The third kappa shape index (κ3) is 5.01. The molecule has 0 aliphatic carbocycles. The van der Waals surface area contributed by atoms with Crippen molar-refractivity contribution < 1.29 is 28.2 Å². The summed E-state index contributed by atoms with van der Waals surface area (Å²) in [5.74, 6) is -1.60. The van der Waals surface area contributed by atoms with E-state index in [-0.39, 0.29) is 35.1 Å². The molecule has 152 valence electrons. The Morgan fingerprint density at radius 3 is 2.54 bits per heavy atom. The topological polar surface area (TPSA) is 87.8 Å². The Kier molecular flexibility index (Phi) is 6.66. The van der Waals surface area contributed by atoms with Crippen molar-refractivity contribution >= 4 is 29.0 Å². The Morgan fingerprint density at radius 2 is 1.93 bits per heavy atom. The molecule has 0 aliphatic heterocycles. The molecule has 2 aromatic rings. The van der Waals surface area contributed by atoms with Crippen molar-refractivity contribution in [3.63, 3.8) is 0 Å². The van der Waals surface area contributed by atoms with E-state index in [4.69, 9.17) is 19.9 Å². The summed E-state index contributed by atoms with van der Waals surface area (Å²) in [4.78, 5) is 25.0. The molecule has 0 bridgehead atoms. The molecular formula is C20H24FNO5S. The SMILES string of the molecule is CCOC(=O)COc1c(C(=O)OC(C)(C)C)sc(-c2cccc(N)c2F)c1C. The van der Waals surface area contributed by atoms with E-state index < -0.39 is 23.4 Å². The molecule has 1 aromatic carbocycles. The molecule has 8 heteroatoms. The summed E-state index contributed by atoms with van der Waals surface area (Å²) in [5.41, 5.74) is 5.71. The van der Waals surface area contributed by atoms with Gasteiger partial charge in [-0.15, -0.1) is 11.3 Å². The maximum absolute atomic E-state index is 14.5. The van der Waals surface area contributed by atoms with Gasteiger partial charge in [-0.25, -0.2) is 14.0 Å². The Hall–Kier alpha value is -2.61.